The Bertz CT molecular complexity index is 464. The molecule has 2 rings (SSSR count). The van der Waals surface area contributed by atoms with E-state index in [2.05, 4.69) is 5.10 Å². The van der Waals surface area contributed by atoms with Gasteiger partial charge >= 0.3 is 0 Å². The minimum atomic E-state index is -3.09. The van der Waals surface area contributed by atoms with Gasteiger partial charge in [-0.25, -0.2) is 8.42 Å². The summed E-state index contributed by atoms with van der Waals surface area (Å²) >= 11 is 0. The Kier molecular flexibility index (Phi) is 2.56. The van der Waals surface area contributed by atoms with E-state index in [1.54, 1.807) is 6.20 Å². The van der Waals surface area contributed by atoms with Crippen molar-refractivity contribution in [1.82, 2.24) is 14.1 Å². The molecule has 0 saturated carbocycles. The Morgan fingerprint density at radius 1 is 1.47 bits per heavy atom. The fourth-order valence-electron chi connectivity index (χ4n) is 1.94. The molecule has 1 aromatic heterocycles. The number of hydrogen-bond acceptors (Lipinski definition) is 3. The average Bonchev–Trinajstić information content (AvgIpc) is 2.38. The number of fused-ring (bicyclic) bond motifs is 1. The van der Waals surface area contributed by atoms with Crippen molar-refractivity contribution in [2.75, 3.05) is 12.8 Å². The molecule has 0 saturated heterocycles. The first-order chi connectivity index (χ1) is 6.98. The molecule has 0 aliphatic carbocycles. The van der Waals surface area contributed by atoms with Gasteiger partial charge in [-0.15, -0.1) is 0 Å². The predicted molar refractivity (Wildman–Crippen MR) is 56.8 cm³/mol. The second-order valence-electron chi connectivity index (χ2n) is 3.94. The average molecular weight is 229 g/mol. The standard InChI is InChI=1S/C9H15N3O2S/c1-11-9-4-3-5-12(15(2,13)14)7-8(9)6-10-11/h6H,3-5,7H2,1-2H3. The van der Waals surface area contributed by atoms with Gasteiger partial charge in [0.2, 0.25) is 10.0 Å². The highest BCUT2D eigenvalue weighted by Crippen LogP contribution is 2.19. The summed E-state index contributed by atoms with van der Waals surface area (Å²) in [6, 6.07) is 0. The summed E-state index contributed by atoms with van der Waals surface area (Å²) in [6.45, 7) is 1.06. The second kappa shape index (κ2) is 3.61. The van der Waals surface area contributed by atoms with Gasteiger partial charge in [-0.05, 0) is 12.8 Å². The van der Waals surface area contributed by atoms with Crippen LogP contribution in [0.5, 0.6) is 0 Å². The van der Waals surface area contributed by atoms with E-state index in [0.717, 1.165) is 24.1 Å². The van der Waals surface area contributed by atoms with Gasteiger partial charge in [0.15, 0.2) is 0 Å². The molecule has 5 nitrogen and oxygen atoms in total. The van der Waals surface area contributed by atoms with Crippen LogP contribution in [-0.4, -0.2) is 35.3 Å². The molecule has 0 atom stereocenters. The molecule has 1 aliphatic heterocycles. The van der Waals surface area contributed by atoms with Crippen LogP contribution in [0.25, 0.3) is 0 Å². The van der Waals surface area contributed by atoms with E-state index in [9.17, 15) is 8.42 Å². The minimum absolute atomic E-state index is 0.460. The van der Waals surface area contributed by atoms with E-state index in [-0.39, 0.29) is 0 Å². The van der Waals surface area contributed by atoms with Crippen molar-refractivity contribution in [2.45, 2.75) is 19.4 Å². The highest BCUT2D eigenvalue weighted by molar-refractivity contribution is 7.88. The summed E-state index contributed by atoms with van der Waals surface area (Å²) in [5, 5.41) is 4.15. The molecule has 0 aromatic carbocycles. The van der Waals surface area contributed by atoms with E-state index < -0.39 is 10.0 Å². The molecule has 0 amide bonds. The Labute approximate surface area is 89.7 Å². The molecule has 0 fully saturated rings. The number of rotatable bonds is 1. The van der Waals surface area contributed by atoms with E-state index in [1.807, 2.05) is 11.7 Å². The van der Waals surface area contributed by atoms with Crippen molar-refractivity contribution in [1.29, 1.82) is 0 Å². The van der Waals surface area contributed by atoms with Crippen LogP contribution in [0.1, 0.15) is 17.7 Å². The molecule has 84 valence electrons. The Morgan fingerprint density at radius 3 is 2.87 bits per heavy atom. The van der Waals surface area contributed by atoms with Gasteiger partial charge in [-0.1, -0.05) is 0 Å². The van der Waals surface area contributed by atoms with Gasteiger partial charge in [-0.2, -0.15) is 9.40 Å². The van der Waals surface area contributed by atoms with Crippen LogP contribution >= 0.6 is 0 Å². The molecule has 0 bridgehead atoms. The third-order valence-corrected chi connectivity index (χ3v) is 4.03. The molecule has 0 spiro atoms. The van der Waals surface area contributed by atoms with Crippen molar-refractivity contribution in [3.05, 3.63) is 17.5 Å². The van der Waals surface area contributed by atoms with Gasteiger partial charge in [0.25, 0.3) is 0 Å². The highest BCUT2D eigenvalue weighted by atomic mass is 32.2. The highest BCUT2D eigenvalue weighted by Gasteiger charge is 2.22. The first kappa shape index (κ1) is 10.6. The lowest BCUT2D eigenvalue weighted by molar-refractivity contribution is 0.413. The second-order valence-corrected chi connectivity index (χ2v) is 5.92. The van der Waals surface area contributed by atoms with Crippen LogP contribution in [0.3, 0.4) is 0 Å². The maximum Gasteiger partial charge on any atom is 0.211 e. The van der Waals surface area contributed by atoms with Crippen LogP contribution in [0.2, 0.25) is 0 Å². The van der Waals surface area contributed by atoms with Gasteiger partial charge in [0.05, 0.1) is 12.5 Å². The summed E-state index contributed by atoms with van der Waals surface area (Å²) in [5.74, 6) is 0. The molecule has 15 heavy (non-hydrogen) atoms. The fraction of sp³-hybridized carbons (Fsp3) is 0.667. The van der Waals surface area contributed by atoms with Crippen LogP contribution < -0.4 is 0 Å². The smallest absolute Gasteiger partial charge is 0.211 e. The summed E-state index contributed by atoms with van der Waals surface area (Å²) in [6.07, 6.45) is 4.78. The largest absolute Gasteiger partial charge is 0.272 e. The molecule has 6 heteroatoms. The van der Waals surface area contributed by atoms with Gasteiger partial charge in [0.1, 0.15) is 0 Å². The van der Waals surface area contributed by atoms with Crippen molar-refractivity contribution in [3.63, 3.8) is 0 Å². The molecule has 0 unspecified atom stereocenters. The predicted octanol–water partition coefficient (Wildman–Crippen LogP) is 0.128. The fourth-order valence-corrected chi connectivity index (χ4v) is 2.77. The first-order valence-electron chi connectivity index (χ1n) is 4.93. The maximum absolute atomic E-state index is 11.5. The van der Waals surface area contributed by atoms with Crippen molar-refractivity contribution < 1.29 is 8.42 Å². The number of hydrogen-bond donors (Lipinski definition) is 0. The SMILES string of the molecule is Cn1ncc2c1CCCN(S(C)(=O)=O)C2. The minimum Gasteiger partial charge on any atom is -0.272 e. The van der Waals surface area contributed by atoms with Crippen LogP contribution in [0, 0.1) is 0 Å². The van der Waals surface area contributed by atoms with E-state index in [4.69, 9.17) is 0 Å². The zero-order valence-electron chi connectivity index (χ0n) is 8.97. The summed E-state index contributed by atoms with van der Waals surface area (Å²) in [4.78, 5) is 0. The summed E-state index contributed by atoms with van der Waals surface area (Å²) in [5.41, 5.74) is 2.18. The third kappa shape index (κ3) is 2.05. The van der Waals surface area contributed by atoms with E-state index in [1.165, 1.54) is 10.6 Å². The van der Waals surface area contributed by atoms with Gasteiger partial charge < -0.3 is 0 Å². The first-order valence-corrected chi connectivity index (χ1v) is 6.78. The van der Waals surface area contributed by atoms with Crippen molar-refractivity contribution in [3.8, 4) is 0 Å². The number of aryl methyl sites for hydroxylation is 1. The molecule has 0 radical (unpaired) electrons. The topological polar surface area (TPSA) is 55.2 Å². The Morgan fingerprint density at radius 2 is 2.20 bits per heavy atom. The quantitative estimate of drug-likeness (QED) is 0.687. The van der Waals surface area contributed by atoms with Gasteiger partial charge in [0, 0.05) is 31.4 Å². The zero-order valence-corrected chi connectivity index (χ0v) is 9.79. The maximum atomic E-state index is 11.5. The lowest BCUT2D eigenvalue weighted by Gasteiger charge is -2.16. The number of nitrogens with zero attached hydrogens (tertiary/aromatic N) is 3. The molecular formula is C9H15N3O2S. The van der Waals surface area contributed by atoms with E-state index in [0.29, 0.717) is 13.1 Å². The molecule has 0 N–H and O–H groups in total. The van der Waals surface area contributed by atoms with Crippen LogP contribution in [-0.2, 0) is 30.0 Å². The Hall–Kier alpha value is -0.880. The lowest BCUT2D eigenvalue weighted by atomic mass is 10.2. The zero-order chi connectivity index (χ0) is 11.1. The monoisotopic (exact) mass is 229 g/mol. The molecular weight excluding hydrogens is 214 g/mol. The lowest BCUT2D eigenvalue weighted by Crippen LogP contribution is -2.29. The van der Waals surface area contributed by atoms with Crippen LogP contribution in [0.15, 0.2) is 6.20 Å². The Balaban J connectivity index is 2.33. The van der Waals surface area contributed by atoms with Gasteiger partial charge in [-0.3, -0.25) is 4.68 Å². The number of sulfonamides is 1. The third-order valence-electron chi connectivity index (χ3n) is 2.78. The number of aromatic nitrogens is 2. The summed E-state index contributed by atoms with van der Waals surface area (Å²) in [7, 11) is -1.19. The van der Waals surface area contributed by atoms with E-state index >= 15 is 0 Å². The molecule has 1 aliphatic rings. The van der Waals surface area contributed by atoms with Crippen molar-refractivity contribution >= 4 is 10.0 Å². The van der Waals surface area contributed by atoms with Crippen molar-refractivity contribution in [2.24, 2.45) is 7.05 Å². The normalized spacial score (nSPS) is 18.5. The summed E-state index contributed by atoms with van der Waals surface area (Å²) < 4.78 is 26.3. The molecule has 1 aromatic rings. The molecule has 2 heterocycles. The van der Waals surface area contributed by atoms with Crippen LogP contribution in [0.4, 0.5) is 0 Å².